The molecular formula is C12H11NO2. The predicted octanol–water partition coefficient (Wildman–Crippen LogP) is 2.26. The Morgan fingerprint density at radius 3 is 2.73 bits per heavy atom. The van der Waals surface area contributed by atoms with E-state index in [1.54, 1.807) is 6.07 Å². The monoisotopic (exact) mass is 201 g/mol. The van der Waals surface area contributed by atoms with E-state index in [-0.39, 0.29) is 12.1 Å². The Morgan fingerprint density at radius 2 is 2.00 bits per heavy atom. The van der Waals surface area contributed by atoms with Gasteiger partial charge in [-0.05, 0) is 37.1 Å². The summed E-state index contributed by atoms with van der Waals surface area (Å²) in [5.74, 6) is -0.207. The first-order chi connectivity index (χ1) is 7.34. The quantitative estimate of drug-likeness (QED) is 0.698. The van der Waals surface area contributed by atoms with E-state index in [1.165, 1.54) is 0 Å². The molecular weight excluding hydrogens is 190 g/mol. The van der Waals surface area contributed by atoms with Gasteiger partial charge in [0, 0.05) is 12.4 Å². The molecule has 2 aromatic heterocycles. The topological polar surface area (TPSA) is 30.7 Å². The molecule has 0 atom stereocenters. The minimum Gasteiger partial charge on any atom is -0.459 e. The first kappa shape index (κ1) is 8.53. The maximum atomic E-state index is 11.8. The van der Waals surface area contributed by atoms with Crippen molar-refractivity contribution in [1.82, 2.24) is 4.40 Å². The van der Waals surface area contributed by atoms with Gasteiger partial charge in [-0.2, -0.15) is 0 Å². The summed E-state index contributed by atoms with van der Waals surface area (Å²) in [6, 6.07) is 7.50. The van der Waals surface area contributed by atoms with Crippen molar-refractivity contribution in [2.45, 2.75) is 18.9 Å². The molecule has 0 aliphatic heterocycles. The maximum Gasteiger partial charge on any atom is 0.340 e. The highest BCUT2D eigenvalue weighted by Gasteiger charge is 2.27. The van der Waals surface area contributed by atoms with Gasteiger partial charge in [-0.15, -0.1) is 0 Å². The third-order valence-electron chi connectivity index (χ3n) is 2.58. The van der Waals surface area contributed by atoms with Crippen molar-refractivity contribution in [1.29, 1.82) is 0 Å². The molecule has 3 rings (SSSR count). The minimum absolute atomic E-state index is 0.160. The van der Waals surface area contributed by atoms with Crippen molar-refractivity contribution in [3.05, 3.63) is 42.2 Å². The van der Waals surface area contributed by atoms with Crippen molar-refractivity contribution in [3.8, 4) is 0 Å². The van der Waals surface area contributed by atoms with Gasteiger partial charge >= 0.3 is 5.97 Å². The fraction of sp³-hybridized carbons (Fsp3) is 0.250. The number of aromatic nitrogens is 1. The van der Waals surface area contributed by atoms with E-state index in [1.807, 2.05) is 35.0 Å². The normalized spacial score (nSPS) is 15.5. The summed E-state index contributed by atoms with van der Waals surface area (Å²) < 4.78 is 7.19. The molecule has 1 saturated carbocycles. The van der Waals surface area contributed by atoms with E-state index in [2.05, 4.69) is 0 Å². The Kier molecular flexibility index (Phi) is 1.78. The SMILES string of the molecule is O=C(OC1CC1)c1cccn2cccc12. The fourth-order valence-electron chi connectivity index (χ4n) is 1.64. The second-order valence-corrected chi connectivity index (χ2v) is 3.83. The standard InChI is InChI=1S/C12H11NO2/c14-12(15-9-5-6-9)10-3-1-7-13-8-2-4-11(10)13/h1-4,7-9H,5-6H2. The Labute approximate surface area is 87.3 Å². The zero-order valence-corrected chi connectivity index (χ0v) is 8.22. The van der Waals surface area contributed by atoms with Crippen LogP contribution in [-0.2, 0) is 4.74 Å². The second kappa shape index (κ2) is 3.12. The molecule has 2 aromatic rings. The van der Waals surface area contributed by atoms with Crippen LogP contribution in [0.4, 0.5) is 0 Å². The smallest absolute Gasteiger partial charge is 0.340 e. The Hall–Kier alpha value is -1.77. The molecule has 0 radical (unpaired) electrons. The molecule has 3 heteroatoms. The second-order valence-electron chi connectivity index (χ2n) is 3.83. The molecule has 2 heterocycles. The molecule has 1 fully saturated rings. The van der Waals surface area contributed by atoms with Crippen LogP contribution in [0.25, 0.3) is 5.52 Å². The van der Waals surface area contributed by atoms with Crippen LogP contribution in [0.5, 0.6) is 0 Å². The summed E-state index contributed by atoms with van der Waals surface area (Å²) in [6.07, 6.45) is 6.02. The molecule has 0 aromatic carbocycles. The van der Waals surface area contributed by atoms with Gasteiger partial charge in [0.25, 0.3) is 0 Å². The zero-order chi connectivity index (χ0) is 10.3. The number of nitrogens with zero attached hydrogens (tertiary/aromatic N) is 1. The van der Waals surface area contributed by atoms with Gasteiger partial charge in [-0.25, -0.2) is 4.79 Å². The van der Waals surface area contributed by atoms with Crippen molar-refractivity contribution in [2.75, 3.05) is 0 Å². The summed E-state index contributed by atoms with van der Waals surface area (Å²) in [4.78, 5) is 11.8. The van der Waals surface area contributed by atoms with Gasteiger partial charge in [0.2, 0.25) is 0 Å². The largest absolute Gasteiger partial charge is 0.459 e. The molecule has 1 aliphatic rings. The number of ether oxygens (including phenoxy) is 1. The lowest BCUT2D eigenvalue weighted by Gasteiger charge is -2.04. The predicted molar refractivity (Wildman–Crippen MR) is 55.8 cm³/mol. The summed E-state index contributed by atoms with van der Waals surface area (Å²) in [7, 11) is 0. The highest BCUT2D eigenvalue weighted by atomic mass is 16.5. The number of hydrogen-bond donors (Lipinski definition) is 0. The van der Waals surface area contributed by atoms with Crippen molar-refractivity contribution < 1.29 is 9.53 Å². The number of carbonyl (C=O) groups excluding carboxylic acids is 1. The fourth-order valence-corrected chi connectivity index (χ4v) is 1.64. The van der Waals surface area contributed by atoms with Crippen LogP contribution in [0, 0.1) is 0 Å². The minimum atomic E-state index is -0.207. The van der Waals surface area contributed by atoms with Gasteiger partial charge < -0.3 is 9.14 Å². The molecule has 0 spiro atoms. The van der Waals surface area contributed by atoms with Crippen LogP contribution >= 0.6 is 0 Å². The molecule has 15 heavy (non-hydrogen) atoms. The van der Waals surface area contributed by atoms with Gasteiger partial charge in [0.05, 0.1) is 11.1 Å². The third-order valence-corrected chi connectivity index (χ3v) is 2.58. The molecule has 0 unspecified atom stereocenters. The van der Waals surface area contributed by atoms with E-state index < -0.39 is 0 Å². The highest BCUT2D eigenvalue weighted by Crippen LogP contribution is 2.25. The lowest BCUT2D eigenvalue weighted by atomic mass is 10.2. The number of carbonyl (C=O) groups is 1. The molecule has 3 nitrogen and oxygen atoms in total. The number of esters is 1. The first-order valence-electron chi connectivity index (χ1n) is 5.11. The average Bonchev–Trinajstić information content (AvgIpc) is 2.93. The molecule has 76 valence electrons. The Balaban J connectivity index is 2.01. The van der Waals surface area contributed by atoms with Crippen LogP contribution < -0.4 is 0 Å². The first-order valence-corrected chi connectivity index (χ1v) is 5.11. The Bertz CT molecular complexity index is 511. The lowest BCUT2D eigenvalue weighted by Crippen LogP contribution is -2.07. The van der Waals surface area contributed by atoms with E-state index in [9.17, 15) is 4.79 Å². The van der Waals surface area contributed by atoms with E-state index in [0.29, 0.717) is 5.56 Å². The van der Waals surface area contributed by atoms with Gasteiger partial charge in [0.15, 0.2) is 0 Å². The number of hydrogen-bond acceptors (Lipinski definition) is 2. The molecule has 0 saturated heterocycles. The van der Waals surface area contributed by atoms with Crippen LogP contribution in [0.1, 0.15) is 23.2 Å². The summed E-state index contributed by atoms with van der Waals surface area (Å²) in [6.45, 7) is 0. The zero-order valence-electron chi connectivity index (χ0n) is 8.22. The third kappa shape index (κ3) is 1.50. The average molecular weight is 201 g/mol. The van der Waals surface area contributed by atoms with E-state index in [4.69, 9.17) is 4.74 Å². The molecule has 1 aliphatic carbocycles. The summed E-state index contributed by atoms with van der Waals surface area (Å²) in [5.41, 5.74) is 1.55. The van der Waals surface area contributed by atoms with Crippen LogP contribution in [0.15, 0.2) is 36.7 Å². The summed E-state index contributed by atoms with van der Waals surface area (Å²) >= 11 is 0. The number of fused-ring (bicyclic) bond motifs is 1. The molecule has 0 amide bonds. The van der Waals surface area contributed by atoms with E-state index >= 15 is 0 Å². The number of rotatable bonds is 2. The highest BCUT2D eigenvalue weighted by molar-refractivity contribution is 5.97. The maximum absolute atomic E-state index is 11.8. The van der Waals surface area contributed by atoms with E-state index in [0.717, 1.165) is 18.4 Å². The molecule has 0 N–H and O–H groups in total. The Morgan fingerprint density at radius 1 is 1.27 bits per heavy atom. The van der Waals surface area contributed by atoms with Crippen molar-refractivity contribution >= 4 is 11.5 Å². The lowest BCUT2D eigenvalue weighted by molar-refractivity contribution is 0.0474. The molecule has 0 bridgehead atoms. The van der Waals surface area contributed by atoms with Crippen LogP contribution in [0.3, 0.4) is 0 Å². The number of pyridine rings is 1. The van der Waals surface area contributed by atoms with Gasteiger partial charge in [-0.1, -0.05) is 0 Å². The van der Waals surface area contributed by atoms with Gasteiger partial charge in [0.1, 0.15) is 6.10 Å². The van der Waals surface area contributed by atoms with Gasteiger partial charge in [-0.3, -0.25) is 0 Å². The summed E-state index contributed by atoms with van der Waals surface area (Å²) in [5, 5.41) is 0. The van der Waals surface area contributed by atoms with Crippen molar-refractivity contribution in [2.24, 2.45) is 0 Å². The van der Waals surface area contributed by atoms with Crippen LogP contribution in [-0.4, -0.2) is 16.5 Å². The van der Waals surface area contributed by atoms with Crippen molar-refractivity contribution in [3.63, 3.8) is 0 Å². The van der Waals surface area contributed by atoms with Crippen LogP contribution in [0.2, 0.25) is 0 Å².